The van der Waals surface area contributed by atoms with E-state index >= 15 is 0 Å². The molecule has 186 valence electrons. The molecular weight excluding hydrogens is 444 g/mol. The Balaban J connectivity index is 1.37. The Morgan fingerprint density at radius 1 is 0.971 bits per heavy atom. The number of carbonyl (C=O) groups is 3. The van der Waals surface area contributed by atoms with E-state index in [1.807, 2.05) is 36.4 Å². The van der Waals surface area contributed by atoms with Gasteiger partial charge in [0.1, 0.15) is 12.1 Å². The van der Waals surface area contributed by atoms with Crippen molar-refractivity contribution < 1.29 is 24.2 Å². The van der Waals surface area contributed by atoms with Gasteiger partial charge in [0.05, 0.1) is 6.42 Å². The molecule has 4 rings (SSSR count). The molecule has 0 aromatic heterocycles. The second kappa shape index (κ2) is 10.5. The molecule has 35 heavy (non-hydrogen) atoms. The van der Waals surface area contributed by atoms with Crippen LogP contribution in [0.4, 0.5) is 4.79 Å². The van der Waals surface area contributed by atoms with E-state index in [-0.39, 0.29) is 24.9 Å². The maximum absolute atomic E-state index is 13.0. The third-order valence-electron chi connectivity index (χ3n) is 7.26. The number of nitrogens with one attached hydrogen (secondary N) is 2. The number of ether oxygens (including phenoxy) is 1. The monoisotopic (exact) mass is 478 g/mol. The molecule has 0 radical (unpaired) electrons. The number of carbonyl (C=O) groups excluding carboxylic acids is 2. The third-order valence-corrected chi connectivity index (χ3v) is 7.26. The predicted molar refractivity (Wildman–Crippen MR) is 133 cm³/mol. The Morgan fingerprint density at radius 2 is 1.54 bits per heavy atom. The van der Waals surface area contributed by atoms with Crippen LogP contribution in [-0.4, -0.2) is 41.3 Å². The van der Waals surface area contributed by atoms with Crippen molar-refractivity contribution in [1.29, 1.82) is 0 Å². The zero-order valence-electron chi connectivity index (χ0n) is 20.4. The van der Waals surface area contributed by atoms with Crippen LogP contribution >= 0.6 is 0 Å². The number of amides is 2. The van der Waals surface area contributed by atoms with Gasteiger partial charge in [-0.05, 0) is 54.9 Å². The number of fused-ring (bicyclic) bond motifs is 3. The second-order valence-corrected chi connectivity index (χ2v) is 10.2. The van der Waals surface area contributed by atoms with E-state index in [2.05, 4.69) is 22.8 Å². The van der Waals surface area contributed by atoms with Crippen molar-refractivity contribution in [3.8, 4) is 11.1 Å². The van der Waals surface area contributed by atoms with E-state index in [1.54, 1.807) is 13.8 Å². The number of alkyl carbamates (subject to hydrolysis) is 1. The first-order valence-electron chi connectivity index (χ1n) is 12.4. The Morgan fingerprint density at radius 3 is 2.11 bits per heavy atom. The van der Waals surface area contributed by atoms with Gasteiger partial charge in [-0.1, -0.05) is 67.8 Å². The number of hydrogen-bond acceptors (Lipinski definition) is 4. The second-order valence-electron chi connectivity index (χ2n) is 10.2. The molecule has 1 atom stereocenters. The number of carboxylic acids is 1. The van der Waals surface area contributed by atoms with E-state index < -0.39 is 29.6 Å². The Labute approximate surface area is 206 Å². The molecule has 0 spiro atoms. The molecule has 0 bridgehead atoms. The highest BCUT2D eigenvalue weighted by atomic mass is 16.5. The summed E-state index contributed by atoms with van der Waals surface area (Å²) in [5.74, 6) is -1.30. The van der Waals surface area contributed by atoms with E-state index in [0.29, 0.717) is 0 Å². The van der Waals surface area contributed by atoms with Gasteiger partial charge >= 0.3 is 12.1 Å². The molecule has 7 nitrogen and oxygen atoms in total. The van der Waals surface area contributed by atoms with Crippen LogP contribution in [0.1, 0.15) is 69.4 Å². The fraction of sp³-hybridized carbons (Fsp3) is 0.464. The molecule has 1 fully saturated rings. The van der Waals surface area contributed by atoms with Gasteiger partial charge in [-0.3, -0.25) is 9.59 Å². The van der Waals surface area contributed by atoms with E-state index in [1.165, 1.54) is 0 Å². The van der Waals surface area contributed by atoms with Crippen LogP contribution in [-0.2, 0) is 14.3 Å². The van der Waals surface area contributed by atoms with Gasteiger partial charge in [-0.15, -0.1) is 0 Å². The van der Waals surface area contributed by atoms with Gasteiger partial charge in [0, 0.05) is 12.0 Å². The predicted octanol–water partition coefficient (Wildman–Crippen LogP) is 4.84. The Kier molecular flexibility index (Phi) is 7.43. The van der Waals surface area contributed by atoms with Gasteiger partial charge < -0.3 is 20.5 Å². The standard InChI is InChI=1S/C28H34N2O5/c1-28(2,26(33)29-24(16-25(31)32)18-10-4-3-5-11-18)30-27(34)35-17-23-21-14-8-6-12-19(21)20-13-7-9-15-22(20)23/h6-9,12-15,18,23-24H,3-5,10-11,16-17H2,1-2H3,(H,29,33)(H,30,34)(H,31,32). The van der Waals surface area contributed by atoms with Gasteiger partial charge in [-0.2, -0.15) is 0 Å². The van der Waals surface area contributed by atoms with Crippen LogP contribution < -0.4 is 10.6 Å². The van der Waals surface area contributed by atoms with Crippen molar-refractivity contribution >= 4 is 18.0 Å². The SMILES string of the molecule is CC(C)(NC(=O)OCC1c2ccccc2-c2ccccc21)C(=O)NC(CC(=O)O)C1CCCCC1. The summed E-state index contributed by atoms with van der Waals surface area (Å²) in [5.41, 5.74) is 3.26. The Bertz CT molecular complexity index is 1040. The molecule has 1 saturated carbocycles. The minimum Gasteiger partial charge on any atom is -0.481 e. The van der Waals surface area contributed by atoms with Gasteiger partial charge in [0.15, 0.2) is 0 Å². The lowest BCUT2D eigenvalue weighted by atomic mass is 9.82. The summed E-state index contributed by atoms with van der Waals surface area (Å²) < 4.78 is 5.59. The molecule has 2 aliphatic carbocycles. The molecule has 1 unspecified atom stereocenters. The number of carboxylic acid groups (broad SMARTS) is 1. The summed E-state index contributed by atoms with van der Waals surface area (Å²) in [4.78, 5) is 37.2. The zero-order chi connectivity index (χ0) is 25.0. The smallest absolute Gasteiger partial charge is 0.408 e. The summed E-state index contributed by atoms with van der Waals surface area (Å²) in [7, 11) is 0. The number of rotatable bonds is 8. The van der Waals surface area contributed by atoms with E-state index in [4.69, 9.17) is 4.74 Å². The minimum absolute atomic E-state index is 0.0728. The van der Waals surface area contributed by atoms with Crippen molar-refractivity contribution in [3.05, 3.63) is 59.7 Å². The van der Waals surface area contributed by atoms with Crippen LogP contribution in [0.3, 0.4) is 0 Å². The largest absolute Gasteiger partial charge is 0.481 e. The summed E-state index contributed by atoms with van der Waals surface area (Å²) >= 11 is 0. The fourth-order valence-electron chi connectivity index (χ4n) is 5.36. The topological polar surface area (TPSA) is 105 Å². The Hall–Kier alpha value is -3.35. The molecule has 3 N–H and O–H groups in total. The first-order chi connectivity index (χ1) is 16.8. The molecule has 2 aliphatic rings. The highest BCUT2D eigenvalue weighted by molar-refractivity contribution is 5.89. The molecule has 2 aromatic carbocycles. The van der Waals surface area contributed by atoms with Crippen molar-refractivity contribution in [2.75, 3.05) is 6.61 Å². The van der Waals surface area contributed by atoms with Gasteiger partial charge in [0.25, 0.3) is 0 Å². The van der Waals surface area contributed by atoms with Gasteiger partial charge in [-0.25, -0.2) is 4.79 Å². The molecule has 2 amide bonds. The van der Waals surface area contributed by atoms with E-state index in [9.17, 15) is 19.5 Å². The first kappa shape index (κ1) is 24.8. The lowest BCUT2D eigenvalue weighted by Gasteiger charge is -2.33. The lowest BCUT2D eigenvalue weighted by molar-refractivity contribution is -0.138. The first-order valence-corrected chi connectivity index (χ1v) is 12.4. The number of benzene rings is 2. The fourth-order valence-corrected chi connectivity index (χ4v) is 5.36. The molecule has 2 aromatic rings. The highest BCUT2D eigenvalue weighted by Gasteiger charge is 2.35. The maximum atomic E-state index is 13.0. The van der Waals surface area contributed by atoms with E-state index in [0.717, 1.165) is 54.4 Å². The molecule has 0 aliphatic heterocycles. The lowest BCUT2D eigenvalue weighted by Crippen LogP contribution is -2.58. The maximum Gasteiger partial charge on any atom is 0.408 e. The average molecular weight is 479 g/mol. The van der Waals surface area contributed by atoms with Crippen molar-refractivity contribution in [1.82, 2.24) is 10.6 Å². The average Bonchev–Trinajstić information content (AvgIpc) is 3.16. The molecular formula is C28H34N2O5. The molecule has 7 heteroatoms. The molecule has 0 saturated heterocycles. The molecule has 0 heterocycles. The number of aliphatic carboxylic acids is 1. The van der Waals surface area contributed by atoms with Crippen LogP contribution in [0.25, 0.3) is 11.1 Å². The van der Waals surface area contributed by atoms with Gasteiger partial charge in [0.2, 0.25) is 5.91 Å². The highest BCUT2D eigenvalue weighted by Crippen LogP contribution is 2.44. The third kappa shape index (κ3) is 5.66. The normalized spacial score (nSPS) is 16.6. The van der Waals surface area contributed by atoms with Crippen molar-refractivity contribution in [2.45, 2.75) is 69.9 Å². The summed E-state index contributed by atoms with van der Waals surface area (Å²) in [6.07, 6.45) is 4.21. The minimum atomic E-state index is -1.26. The van der Waals surface area contributed by atoms with Crippen LogP contribution in [0, 0.1) is 5.92 Å². The van der Waals surface area contributed by atoms with Crippen LogP contribution in [0.2, 0.25) is 0 Å². The number of hydrogen-bond donors (Lipinski definition) is 3. The summed E-state index contributed by atoms with van der Waals surface area (Å²) in [5, 5.41) is 14.9. The summed E-state index contributed by atoms with van der Waals surface area (Å²) in [6, 6.07) is 15.7. The summed E-state index contributed by atoms with van der Waals surface area (Å²) in [6.45, 7) is 3.35. The quantitative estimate of drug-likeness (QED) is 0.503. The van der Waals surface area contributed by atoms with Crippen LogP contribution in [0.5, 0.6) is 0 Å². The van der Waals surface area contributed by atoms with Crippen LogP contribution in [0.15, 0.2) is 48.5 Å². The van der Waals surface area contributed by atoms with Crippen molar-refractivity contribution in [2.24, 2.45) is 5.92 Å². The van der Waals surface area contributed by atoms with Crippen molar-refractivity contribution in [3.63, 3.8) is 0 Å². The zero-order valence-corrected chi connectivity index (χ0v) is 20.4.